The molecule has 0 spiro atoms. The Bertz CT molecular complexity index is 1560. The van der Waals surface area contributed by atoms with Crippen LogP contribution in [0.5, 0.6) is 5.75 Å². The van der Waals surface area contributed by atoms with Crippen molar-refractivity contribution in [2.24, 2.45) is 0 Å². The van der Waals surface area contributed by atoms with E-state index in [9.17, 15) is 5.11 Å². The molecule has 2 aromatic carbocycles. The quantitative estimate of drug-likeness (QED) is 0.213. The zero-order chi connectivity index (χ0) is 30.5. The van der Waals surface area contributed by atoms with E-state index >= 15 is 0 Å². The summed E-state index contributed by atoms with van der Waals surface area (Å²) in [5.41, 5.74) is 9.11. The molecular formula is C38H47N2OPt-. The van der Waals surface area contributed by atoms with Crippen LogP contribution in [0, 0.1) is 6.07 Å². The van der Waals surface area contributed by atoms with E-state index in [1.54, 1.807) is 0 Å². The number of phenolic OH excluding ortho intramolecular Hbond substituents is 1. The molecule has 4 rings (SSSR count). The van der Waals surface area contributed by atoms with Gasteiger partial charge in [0.2, 0.25) is 0 Å². The number of benzene rings is 2. The normalized spacial score (nSPS) is 12.7. The number of hydrogen-bond donors (Lipinski definition) is 1. The summed E-state index contributed by atoms with van der Waals surface area (Å²) in [5, 5.41) is 11.7. The molecule has 2 heterocycles. The standard InChI is InChI=1S/C38H47N2O.Pt/c1-35(2,3)26-18-24(31-15-13-14-16-39-31)17-25(19-26)32-22-28(37(7,8)9)23-33(40-32)29-20-27(36(4,5)6)21-30(34(29)41)38(10,11)12;/h13-16,18-23,41H,1-12H3;/q-1;. The molecule has 2 aromatic heterocycles. The number of rotatable bonds is 3. The fourth-order valence-corrected chi connectivity index (χ4v) is 4.87. The molecule has 0 aliphatic heterocycles. The molecule has 0 unspecified atom stereocenters. The molecule has 3 nitrogen and oxygen atoms in total. The fourth-order valence-electron chi connectivity index (χ4n) is 4.87. The molecule has 0 aliphatic carbocycles. The van der Waals surface area contributed by atoms with E-state index in [1.165, 1.54) is 11.1 Å². The van der Waals surface area contributed by atoms with Crippen LogP contribution in [0.25, 0.3) is 33.8 Å². The van der Waals surface area contributed by atoms with Crippen LogP contribution in [0.4, 0.5) is 0 Å². The van der Waals surface area contributed by atoms with Crippen LogP contribution in [-0.4, -0.2) is 15.1 Å². The predicted octanol–water partition coefficient (Wildman–Crippen LogP) is 10.2. The van der Waals surface area contributed by atoms with Gasteiger partial charge in [-0.15, -0.1) is 23.8 Å². The number of aromatic hydroxyl groups is 1. The van der Waals surface area contributed by atoms with Crippen molar-refractivity contribution in [3.8, 4) is 39.5 Å². The van der Waals surface area contributed by atoms with Crippen molar-refractivity contribution in [2.75, 3.05) is 0 Å². The maximum absolute atomic E-state index is 11.7. The van der Waals surface area contributed by atoms with E-state index in [2.05, 4.69) is 131 Å². The molecule has 0 saturated heterocycles. The van der Waals surface area contributed by atoms with Crippen LogP contribution in [0.15, 0.2) is 60.8 Å². The van der Waals surface area contributed by atoms with Crippen LogP contribution < -0.4 is 0 Å². The molecule has 0 saturated carbocycles. The minimum atomic E-state index is -0.225. The Morgan fingerprint density at radius 2 is 1.07 bits per heavy atom. The molecule has 0 radical (unpaired) electrons. The summed E-state index contributed by atoms with van der Waals surface area (Å²) in [5.74, 6) is 0.302. The molecule has 0 fully saturated rings. The SMILES string of the molecule is CC(C)(C)c1cc(-c2ccccn2)[c-]c(-c2cc(C(C)(C)C)cc(-c3cc(C(C)(C)C)cc(C(C)(C)C)c3O)n2)c1.[Pt]. The first kappa shape index (κ1) is 33.7. The molecule has 0 amide bonds. The van der Waals surface area contributed by atoms with Gasteiger partial charge < -0.3 is 5.11 Å². The first-order valence-corrected chi connectivity index (χ1v) is 14.7. The van der Waals surface area contributed by atoms with Crippen molar-refractivity contribution in [2.45, 2.75) is 105 Å². The summed E-state index contributed by atoms with van der Waals surface area (Å²) < 4.78 is 0. The Labute approximate surface area is 268 Å². The Kier molecular flexibility index (Phi) is 9.41. The molecule has 0 bridgehead atoms. The van der Waals surface area contributed by atoms with Gasteiger partial charge in [-0.3, -0.25) is 9.97 Å². The van der Waals surface area contributed by atoms with E-state index in [0.29, 0.717) is 5.75 Å². The zero-order valence-electron chi connectivity index (χ0n) is 27.4. The van der Waals surface area contributed by atoms with Gasteiger partial charge in [0.1, 0.15) is 5.75 Å². The van der Waals surface area contributed by atoms with Gasteiger partial charge in [-0.05, 0) is 51.0 Å². The van der Waals surface area contributed by atoms with Gasteiger partial charge in [0.05, 0.1) is 5.69 Å². The summed E-state index contributed by atoms with van der Waals surface area (Å²) in [6.07, 6.45) is 1.82. The molecule has 0 atom stereocenters. The zero-order valence-corrected chi connectivity index (χ0v) is 29.7. The number of aromatic nitrogens is 2. The van der Waals surface area contributed by atoms with Crippen LogP contribution in [0.2, 0.25) is 0 Å². The first-order valence-electron chi connectivity index (χ1n) is 14.7. The Morgan fingerprint density at radius 3 is 1.57 bits per heavy atom. The van der Waals surface area contributed by atoms with Crippen LogP contribution in [0.3, 0.4) is 0 Å². The Balaban J connectivity index is 0.00000484. The second kappa shape index (κ2) is 11.7. The van der Waals surface area contributed by atoms with E-state index in [1.807, 2.05) is 24.4 Å². The van der Waals surface area contributed by atoms with Gasteiger partial charge in [-0.25, -0.2) is 0 Å². The van der Waals surface area contributed by atoms with E-state index < -0.39 is 0 Å². The molecule has 42 heavy (non-hydrogen) atoms. The van der Waals surface area contributed by atoms with Crippen molar-refractivity contribution in [3.05, 3.63) is 89.1 Å². The Morgan fingerprint density at radius 1 is 0.571 bits per heavy atom. The third-order valence-corrected chi connectivity index (χ3v) is 7.70. The van der Waals surface area contributed by atoms with E-state index in [4.69, 9.17) is 4.98 Å². The second-order valence-electron chi connectivity index (χ2n) is 15.5. The van der Waals surface area contributed by atoms with Crippen molar-refractivity contribution < 1.29 is 26.2 Å². The van der Waals surface area contributed by atoms with Gasteiger partial charge in [0.15, 0.2) is 0 Å². The van der Waals surface area contributed by atoms with Gasteiger partial charge in [-0.1, -0.05) is 118 Å². The van der Waals surface area contributed by atoms with E-state index in [-0.39, 0.29) is 42.7 Å². The maximum atomic E-state index is 11.7. The van der Waals surface area contributed by atoms with Crippen molar-refractivity contribution in [3.63, 3.8) is 0 Å². The van der Waals surface area contributed by atoms with Gasteiger partial charge in [0, 0.05) is 49.8 Å². The average Bonchev–Trinajstić information content (AvgIpc) is 2.86. The summed E-state index contributed by atoms with van der Waals surface area (Å²) >= 11 is 0. The third kappa shape index (κ3) is 7.41. The third-order valence-electron chi connectivity index (χ3n) is 7.70. The second-order valence-corrected chi connectivity index (χ2v) is 15.5. The van der Waals surface area contributed by atoms with Gasteiger partial charge in [-0.2, -0.15) is 0 Å². The molecular weight excluding hydrogens is 696 g/mol. The van der Waals surface area contributed by atoms with Crippen LogP contribution >= 0.6 is 0 Å². The predicted molar refractivity (Wildman–Crippen MR) is 174 cm³/mol. The molecule has 1 N–H and O–H groups in total. The first-order chi connectivity index (χ1) is 18.7. The monoisotopic (exact) mass is 742 g/mol. The minimum absolute atomic E-state index is 0. The van der Waals surface area contributed by atoms with Gasteiger partial charge in [0.25, 0.3) is 0 Å². The summed E-state index contributed by atoms with van der Waals surface area (Å²) in [6, 6.07) is 22.6. The smallest absolute Gasteiger partial charge is 0.128 e. The Hall–Kier alpha value is -2.77. The largest absolute Gasteiger partial charge is 0.507 e. The van der Waals surface area contributed by atoms with Crippen LogP contribution in [-0.2, 0) is 42.7 Å². The van der Waals surface area contributed by atoms with Crippen molar-refractivity contribution >= 4 is 0 Å². The van der Waals surface area contributed by atoms with Gasteiger partial charge >= 0.3 is 0 Å². The summed E-state index contributed by atoms with van der Waals surface area (Å²) in [4.78, 5) is 9.86. The van der Waals surface area contributed by atoms with Crippen LogP contribution in [0.1, 0.15) is 105 Å². The van der Waals surface area contributed by atoms with Crippen molar-refractivity contribution in [1.29, 1.82) is 0 Å². The molecule has 0 aliphatic rings. The maximum Gasteiger partial charge on any atom is 0.128 e. The summed E-state index contributed by atoms with van der Waals surface area (Å²) in [7, 11) is 0. The number of nitrogens with zero attached hydrogens (tertiary/aromatic N) is 2. The molecule has 4 heteroatoms. The number of hydrogen-bond acceptors (Lipinski definition) is 3. The number of pyridine rings is 2. The topological polar surface area (TPSA) is 46.0 Å². The summed E-state index contributed by atoms with van der Waals surface area (Å²) in [6.45, 7) is 26.4. The van der Waals surface area contributed by atoms with E-state index in [0.717, 1.165) is 44.9 Å². The fraction of sp³-hybridized carbons (Fsp3) is 0.421. The number of phenols is 1. The molecule has 4 aromatic rings. The van der Waals surface area contributed by atoms with Crippen molar-refractivity contribution in [1.82, 2.24) is 9.97 Å². The molecule has 226 valence electrons. The minimum Gasteiger partial charge on any atom is -0.507 e. The average molecular weight is 743 g/mol.